The molecule has 0 radical (unpaired) electrons. The molecular formula is C19H22N6O2. The predicted octanol–water partition coefficient (Wildman–Crippen LogP) is 0.628. The molecule has 4 rings (SSSR count). The molecular weight excluding hydrogens is 344 g/mol. The van der Waals surface area contributed by atoms with E-state index >= 15 is 0 Å². The Balaban J connectivity index is 1.41. The van der Waals surface area contributed by atoms with Crippen molar-refractivity contribution in [3.63, 3.8) is 0 Å². The number of amides is 1. The number of nitrogens with zero attached hydrogens (tertiary/aromatic N) is 6. The third-order valence-electron chi connectivity index (χ3n) is 5.09. The SMILES string of the molecule is Cc1cccn2c(CC(=O)N3CCN(c4cnn(C)c(=O)c4)CC3)cnc12. The third-order valence-corrected chi connectivity index (χ3v) is 5.09. The van der Waals surface area contributed by atoms with E-state index in [9.17, 15) is 9.59 Å². The summed E-state index contributed by atoms with van der Waals surface area (Å²) in [5.41, 5.74) is 3.56. The van der Waals surface area contributed by atoms with Crippen molar-refractivity contribution in [2.75, 3.05) is 31.1 Å². The first kappa shape index (κ1) is 17.3. The number of anilines is 1. The van der Waals surface area contributed by atoms with E-state index in [4.69, 9.17) is 0 Å². The van der Waals surface area contributed by atoms with Crippen LogP contribution in [-0.4, -0.2) is 56.2 Å². The highest BCUT2D eigenvalue weighted by atomic mass is 16.2. The van der Waals surface area contributed by atoms with E-state index in [1.807, 2.05) is 34.6 Å². The number of carbonyl (C=O) groups excluding carboxylic acids is 1. The Hall–Kier alpha value is -3.16. The molecule has 1 aliphatic rings. The number of rotatable bonds is 3. The van der Waals surface area contributed by atoms with Crippen molar-refractivity contribution in [1.82, 2.24) is 24.1 Å². The van der Waals surface area contributed by atoms with Crippen molar-refractivity contribution in [2.45, 2.75) is 13.3 Å². The summed E-state index contributed by atoms with van der Waals surface area (Å²) in [6.45, 7) is 4.65. The summed E-state index contributed by atoms with van der Waals surface area (Å²) in [7, 11) is 1.63. The van der Waals surface area contributed by atoms with Gasteiger partial charge in [-0.3, -0.25) is 9.59 Å². The lowest BCUT2D eigenvalue weighted by Gasteiger charge is -2.35. The summed E-state index contributed by atoms with van der Waals surface area (Å²) in [4.78, 5) is 32.9. The van der Waals surface area contributed by atoms with Crippen molar-refractivity contribution >= 4 is 17.2 Å². The Bertz CT molecular complexity index is 1050. The summed E-state index contributed by atoms with van der Waals surface area (Å²) in [6, 6.07) is 5.57. The molecule has 0 atom stereocenters. The molecule has 1 amide bonds. The molecule has 0 spiro atoms. The molecule has 1 saturated heterocycles. The summed E-state index contributed by atoms with van der Waals surface area (Å²) < 4.78 is 3.29. The topological polar surface area (TPSA) is 75.7 Å². The minimum atomic E-state index is -0.131. The highest BCUT2D eigenvalue weighted by Gasteiger charge is 2.22. The Morgan fingerprint density at radius 1 is 1.19 bits per heavy atom. The second kappa shape index (κ2) is 6.86. The number of imidazole rings is 1. The van der Waals surface area contributed by atoms with Crippen molar-refractivity contribution < 1.29 is 4.79 Å². The lowest BCUT2D eigenvalue weighted by atomic mass is 10.2. The normalized spacial score (nSPS) is 14.7. The maximum Gasteiger partial charge on any atom is 0.268 e. The quantitative estimate of drug-likeness (QED) is 0.680. The smallest absolute Gasteiger partial charge is 0.268 e. The van der Waals surface area contributed by atoms with Gasteiger partial charge in [-0.25, -0.2) is 9.67 Å². The second-order valence-corrected chi connectivity index (χ2v) is 6.85. The minimum Gasteiger partial charge on any atom is -0.367 e. The van der Waals surface area contributed by atoms with Gasteiger partial charge in [-0.15, -0.1) is 0 Å². The van der Waals surface area contributed by atoms with Gasteiger partial charge in [0.05, 0.1) is 24.0 Å². The van der Waals surface area contributed by atoms with Gasteiger partial charge >= 0.3 is 0 Å². The van der Waals surface area contributed by atoms with Crippen LogP contribution < -0.4 is 10.5 Å². The van der Waals surface area contributed by atoms with Gasteiger partial charge in [0, 0.05) is 51.7 Å². The lowest BCUT2D eigenvalue weighted by Crippen LogP contribution is -2.49. The predicted molar refractivity (Wildman–Crippen MR) is 102 cm³/mol. The minimum absolute atomic E-state index is 0.0973. The number of piperazine rings is 1. The maximum absolute atomic E-state index is 12.7. The summed E-state index contributed by atoms with van der Waals surface area (Å²) in [6.07, 6.45) is 5.75. The first-order valence-corrected chi connectivity index (χ1v) is 9.00. The average molecular weight is 366 g/mol. The average Bonchev–Trinajstić information content (AvgIpc) is 3.08. The van der Waals surface area contributed by atoms with Crippen LogP contribution in [0.2, 0.25) is 0 Å². The molecule has 0 unspecified atom stereocenters. The van der Waals surface area contributed by atoms with Crippen LogP contribution in [-0.2, 0) is 18.3 Å². The first-order chi connectivity index (χ1) is 13.0. The van der Waals surface area contributed by atoms with Crippen LogP contribution in [0.15, 0.2) is 41.6 Å². The van der Waals surface area contributed by atoms with Crippen LogP contribution in [0.1, 0.15) is 11.3 Å². The van der Waals surface area contributed by atoms with E-state index in [1.54, 1.807) is 25.5 Å². The maximum atomic E-state index is 12.7. The van der Waals surface area contributed by atoms with E-state index in [2.05, 4.69) is 15.0 Å². The molecule has 140 valence electrons. The fourth-order valence-corrected chi connectivity index (χ4v) is 3.45. The molecule has 27 heavy (non-hydrogen) atoms. The molecule has 0 aromatic carbocycles. The number of hydrogen-bond acceptors (Lipinski definition) is 5. The van der Waals surface area contributed by atoms with Crippen LogP contribution in [0.3, 0.4) is 0 Å². The van der Waals surface area contributed by atoms with Crippen LogP contribution in [0, 0.1) is 6.92 Å². The van der Waals surface area contributed by atoms with Crippen LogP contribution in [0.25, 0.3) is 5.65 Å². The largest absolute Gasteiger partial charge is 0.367 e. The summed E-state index contributed by atoms with van der Waals surface area (Å²) >= 11 is 0. The zero-order chi connectivity index (χ0) is 19.0. The molecule has 4 heterocycles. The van der Waals surface area contributed by atoms with E-state index in [1.165, 1.54) is 4.68 Å². The second-order valence-electron chi connectivity index (χ2n) is 6.85. The van der Waals surface area contributed by atoms with Gasteiger partial charge in [0.2, 0.25) is 5.91 Å². The Morgan fingerprint density at radius 3 is 2.70 bits per heavy atom. The molecule has 1 fully saturated rings. The molecule has 8 heteroatoms. The van der Waals surface area contributed by atoms with Gasteiger partial charge in [0.1, 0.15) is 5.65 Å². The fraction of sp³-hybridized carbons (Fsp3) is 0.368. The van der Waals surface area contributed by atoms with E-state index in [0.717, 1.165) is 22.6 Å². The summed E-state index contributed by atoms with van der Waals surface area (Å²) in [5.74, 6) is 0.0973. The first-order valence-electron chi connectivity index (χ1n) is 9.00. The monoisotopic (exact) mass is 366 g/mol. The molecule has 0 N–H and O–H groups in total. The number of fused-ring (bicyclic) bond motifs is 1. The Labute approximate surface area is 156 Å². The van der Waals surface area contributed by atoms with Gasteiger partial charge in [-0.1, -0.05) is 6.07 Å². The number of carbonyl (C=O) groups is 1. The lowest BCUT2D eigenvalue weighted by molar-refractivity contribution is -0.130. The number of hydrogen-bond donors (Lipinski definition) is 0. The molecule has 1 aliphatic heterocycles. The molecule has 0 aliphatic carbocycles. The number of aryl methyl sites for hydroxylation is 2. The van der Waals surface area contributed by atoms with Gasteiger partial charge in [-0.05, 0) is 18.6 Å². The van der Waals surface area contributed by atoms with E-state index in [-0.39, 0.29) is 11.5 Å². The van der Waals surface area contributed by atoms with Crippen LogP contribution >= 0.6 is 0 Å². The standard InChI is InChI=1S/C19H22N6O2/c1-14-4-3-5-25-16(12-20-19(14)25)11-18(27)24-8-6-23(7-9-24)15-10-17(26)22(2)21-13-15/h3-5,10,12-13H,6-9,11H2,1-2H3. The number of pyridine rings is 1. The van der Waals surface area contributed by atoms with Gasteiger partial charge in [-0.2, -0.15) is 5.10 Å². The molecule has 8 nitrogen and oxygen atoms in total. The molecule has 0 bridgehead atoms. The summed E-state index contributed by atoms with van der Waals surface area (Å²) in [5, 5.41) is 4.07. The zero-order valence-electron chi connectivity index (χ0n) is 15.5. The third kappa shape index (κ3) is 3.30. The number of aromatic nitrogens is 4. The zero-order valence-corrected chi connectivity index (χ0v) is 15.5. The Kier molecular flexibility index (Phi) is 4.39. The van der Waals surface area contributed by atoms with Gasteiger partial charge < -0.3 is 14.2 Å². The van der Waals surface area contributed by atoms with Gasteiger partial charge in [0.15, 0.2) is 0 Å². The van der Waals surface area contributed by atoms with E-state index in [0.29, 0.717) is 32.6 Å². The van der Waals surface area contributed by atoms with Crippen molar-refractivity contribution in [1.29, 1.82) is 0 Å². The van der Waals surface area contributed by atoms with Crippen LogP contribution in [0.5, 0.6) is 0 Å². The fourth-order valence-electron chi connectivity index (χ4n) is 3.45. The van der Waals surface area contributed by atoms with E-state index < -0.39 is 0 Å². The van der Waals surface area contributed by atoms with Crippen molar-refractivity contribution in [3.05, 3.63) is 58.4 Å². The molecule has 0 saturated carbocycles. The highest BCUT2D eigenvalue weighted by molar-refractivity contribution is 5.79. The highest BCUT2D eigenvalue weighted by Crippen LogP contribution is 2.15. The van der Waals surface area contributed by atoms with Crippen molar-refractivity contribution in [2.24, 2.45) is 7.05 Å². The van der Waals surface area contributed by atoms with Crippen molar-refractivity contribution in [3.8, 4) is 0 Å². The van der Waals surface area contributed by atoms with Crippen LogP contribution in [0.4, 0.5) is 5.69 Å². The molecule has 3 aromatic rings. The Morgan fingerprint density at radius 2 is 1.96 bits per heavy atom. The molecule has 3 aromatic heterocycles. The van der Waals surface area contributed by atoms with Gasteiger partial charge in [0.25, 0.3) is 5.56 Å².